The first-order valence-electron chi connectivity index (χ1n) is 6.36. The predicted octanol–water partition coefficient (Wildman–Crippen LogP) is 2.99. The van der Waals surface area contributed by atoms with Crippen molar-refractivity contribution in [1.29, 1.82) is 0 Å². The standard InChI is InChI=1S/C15H17ClN2O/c1-3-13-9-14(18(2)17-13)10-15(19)8-11-5-4-6-12(16)7-11/h4-7,9H,3,8,10H2,1-2H3. The highest BCUT2D eigenvalue weighted by atomic mass is 35.5. The normalized spacial score (nSPS) is 10.7. The number of rotatable bonds is 5. The minimum atomic E-state index is 0.174. The van der Waals surface area contributed by atoms with Crippen molar-refractivity contribution in [3.05, 3.63) is 52.3 Å². The number of benzene rings is 1. The topological polar surface area (TPSA) is 34.9 Å². The highest BCUT2D eigenvalue weighted by Gasteiger charge is 2.10. The molecule has 0 N–H and O–H groups in total. The van der Waals surface area contributed by atoms with Crippen LogP contribution in [0, 0.1) is 0 Å². The van der Waals surface area contributed by atoms with Crippen LogP contribution in [0.4, 0.5) is 0 Å². The number of nitrogens with zero attached hydrogens (tertiary/aromatic N) is 2. The Hall–Kier alpha value is -1.61. The molecule has 2 aromatic rings. The number of hydrogen-bond acceptors (Lipinski definition) is 2. The fourth-order valence-corrected chi connectivity index (χ4v) is 2.26. The van der Waals surface area contributed by atoms with E-state index >= 15 is 0 Å². The van der Waals surface area contributed by atoms with Gasteiger partial charge < -0.3 is 0 Å². The van der Waals surface area contributed by atoms with Crippen molar-refractivity contribution in [2.75, 3.05) is 0 Å². The largest absolute Gasteiger partial charge is 0.299 e. The summed E-state index contributed by atoms with van der Waals surface area (Å²) in [5, 5.41) is 5.01. The van der Waals surface area contributed by atoms with Gasteiger partial charge in [-0.1, -0.05) is 30.7 Å². The molecule has 19 heavy (non-hydrogen) atoms. The number of Topliss-reactive ketones (excluding diaryl/α,β-unsaturated/α-hetero) is 1. The lowest BCUT2D eigenvalue weighted by Gasteiger charge is -2.02. The van der Waals surface area contributed by atoms with Crippen LogP contribution >= 0.6 is 11.6 Å². The molecule has 4 heteroatoms. The second-order valence-electron chi connectivity index (χ2n) is 4.63. The van der Waals surface area contributed by atoms with Gasteiger partial charge in [-0.05, 0) is 30.2 Å². The second-order valence-corrected chi connectivity index (χ2v) is 5.06. The summed E-state index contributed by atoms with van der Waals surface area (Å²) in [7, 11) is 1.88. The van der Waals surface area contributed by atoms with Gasteiger partial charge in [-0.15, -0.1) is 0 Å². The van der Waals surface area contributed by atoms with Crippen LogP contribution in [0.1, 0.15) is 23.9 Å². The third-order valence-electron chi connectivity index (χ3n) is 3.06. The average molecular weight is 277 g/mol. The minimum absolute atomic E-state index is 0.174. The van der Waals surface area contributed by atoms with Crippen molar-refractivity contribution in [2.24, 2.45) is 7.05 Å². The van der Waals surface area contributed by atoms with E-state index in [2.05, 4.69) is 12.0 Å². The van der Waals surface area contributed by atoms with E-state index < -0.39 is 0 Å². The SMILES string of the molecule is CCc1cc(CC(=O)Cc2cccc(Cl)c2)n(C)n1. The van der Waals surface area contributed by atoms with Gasteiger partial charge >= 0.3 is 0 Å². The van der Waals surface area contributed by atoms with Crippen LogP contribution in [0.3, 0.4) is 0 Å². The van der Waals surface area contributed by atoms with Crippen molar-refractivity contribution in [1.82, 2.24) is 9.78 Å². The lowest BCUT2D eigenvalue weighted by Crippen LogP contribution is -2.10. The highest BCUT2D eigenvalue weighted by Crippen LogP contribution is 2.13. The number of carbonyl (C=O) groups is 1. The van der Waals surface area contributed by atoms with Crippen LogP contribution in [0.15, 0.2) is 30.3 Å². The first kappa shape index (κ1) is 13.8. The maximum Gasteiger partial charge on any atom is 0.143 e. The van der Waals surface area contributed by atoms with E-state index in [-0.39, 0.29) is 5.78 Å². The van der Waals surface area contributed by atoms with E-state index in [4.69, 9.17) is 11.6 Å². The van der Waals surface area contributed by atoms with Crippen LogP contribution in [0.2, 0.25) is 5.02 Å². The summed E-state index contributed by atoms with van der Waals surface area (Å²) in [5.74, 6) is 0.174. The molecule has 0 bridgehead atoms. The van der Waals surface area contributed by atoms with Crippen LogP contribution < -0.4 is 0 Å². The Kier molecular flexibility index (Phi) is 4.38. The first-order chi connectivity index (χ1) is 9.08. The molecule has 0 atom stereocenters. The van der Waals surface area contributed by atoms with E-state index in [0.29, 0.717) is 17.9 Å². The van der Waals surface area contributed by atoms with E-state index in [1.165, 1.54) is 0 Å². The van der Waals surface area contributed by atoms with Crippen LogP contribution in [0.25, 0.3) is 0 Å². The van der Waals surface area contributed by atoms with Gasteiger partial charge in [-0.2, -0.15) is 5.10 Å². The van der Waals surface area contributed by atoms with Gasteiger partial charge in [-0.3, -0.25) is 9.48 Å². The first-order valence-corrected chi connectivity index (χ1v) is 6.74. The number of carbonyl (C=O) groups excluding carboxylic acids is 1. The number of aryl methyl sites for hydroxylation is 2. The molecule has 0 spiro atoms. The molecule has 0 saturated carbocycles. The van der Waals surface area contributed by atoms with Crippen LogP contribution in [-0.4, -0.2) is 15.6 Å². The molecule has 0 amide bonds. The fraction of sp³-hybridized carbons (Fsp3) is 0.333. The zero-order valence-electron chi connectivity index (χ0n) is 11.2. The second kappa shape index (κ2) is 6.02. The van der Waals surface area contributed by atoms with E-state index in [1.807, 2.05) is 37.4 Å². The molecule has 0 radical (unpaired) electrons. The quantitative estimate of drug-likeness (QED) is 0.841. The van der Waals surface area contributed by atoms with Crippen molar-refractivity contribution >= 4 is 17.4 Å². The van der Waals surface area contributed by atoms with Gasteiger partial charge in [0.25, 0.3) is 0 Å². The van der Waals surface area contributed by atoms with E-state index in [1.54, 1.807) is 4.68 Å². The Bertz CT molecular complexity index is 590. The highest BCUT2D eigenvalue weighted by molar-refractivity contribution is 6.30. The van der Waals surface area contributed by atoms with Crippen LogP contribution in [-0.2, 0) is 31.1 Å². The minimum Gasteiger partial charge on any atom is -0.299 e. The molecule has 0 aliphatic carbocycles. The van der Waals surface area contributed by atoms with Gasteiger partial charge in [0.15, 0.2) is 0 Å². The lowest BCUT2D eigenvalue weighted by molar-refractivity contribution is -0.117. The monoisotopic (exact) mass is 276 g/mol. The van der Waals surface area contributed by atoms with Gasteiger partial charge in [0.2, 0.25) is 0 Å². The zero-order valence-corrected chi connectivity index (χ0v) is 11.9. The fourth-order valence-electron chi connectivity index (χ4n) is 2.05. The summed E-state index contributed by atoms with van der Waals surface area (Å²) in [4.78, 5) is 12.1. The van der Waals surface area contributed by atoms with Gasteiger partial charge in [-0.25, -0.2) is 0 Å². The Morgan fingerprint density at radius 3 is 2.74 bits per heavy atom. The summed E-state index contributed by atoms with van der Waals surface area (Å²) in [6.07, 6.45) is 1.71. The smallest absolute Gasteiger partial charge is 0.143 e. The number of hydrogen-bond donors (Lipinski definition) is 0. The zero-order chi connectivity index (χ0) is 13.8. The average Bonchev–Trinajstić information content (AvgIpc) is 2.70. The molecular formula is C15H17ClN2O. The molecule has 1 aromatic heterocycles. The molecule has 100 valence electrons. The lowest BCUT2D eigenvalue weighted by atomic mass is 10.1. The summed E-state index contributed by atoms with van der Waals surface area (Å²) in [6.45, 7) is 2.06. The Morgan fingerprint density at radius 2 is 2.11 bits per heavy atom. The molecule has 1 heterocycles. The summed E-state index contributed by atoms with van der Waals surface area (Å²) < 4.78 is 1.79. The molecule has 0 fully saturated rings. The van der Waals surface area contributed by atoms with Gasteiger partial charge in [0.05, 0.1) is 5.69 Å². The molecule has 3 nitrogen and oxygen atoms in total. The van der Waals surface area contributed by atoms with E-state index in [0.717, 1.165) is 23.4 Å². The summed E-state index contributed by atoms with van der Waals surface area (Å²) in [6, 6.07) is 9.43. The summed E-state index contributed by atoms with van der Waals surface area (Å²) in [5.41, 5.74) is 2.94. The van der Waals surface area contributed by atoms with E-state index in [9.17, 15) is 4.79 Å². The Morgan fingerprint density at radius 1 is 1.32 bits per heavy atom. The molecule has 0 aliphatic heterocycles. The van der Waals surface area contributed by atoms with Crippen molar-refractivity contribution in [3.63, 3.8) is 0 Å². The maximum absolute atomic E-state index is 12.1. The third kappa shape index (κ3) is 3.67. The van der Waals surface area contributed by atoms with Crippen molar-refractivity contribution in [3.8, 4) is 0 Å². The van der Waals surface area contributed by atoms with Crippen molar-refractivity contribution in [2.45, 2.75) is 26.2 Å². The maximum atomic E-state index is 12.1. The molecule has 2 rings (SSSR count). The number of aromatic nitrogens is 2. The van der Waals surface area contributed by atoms with Crippen molar-refractivity contribution < 1.29 is 4.79 Å². The summed E-state index contributed by atoms with van der Waals surface area (Å²) >= 11 is 5.91. The van der Waals surface area contributed by atoms with Crippen LogP contribution in [0.5, 0.6) is 0 Å². The predicted molar refractivity (Wildman–Crippen MR) is 76.5 cm³/mol. The number of halogens is 1. The molecule has 0 unspecified atom stereocenters. The molecule has 1 aromatic carbocycles. The molecule has 0 aliphatic rings. The third-order valence-corrected chi connectivity index (χ3v) is 3.29. The Labute approximate surface area is 118 Å². The Balaban J connectivity index is 2.03. The van der Waals surface area contributed by atoms with Gasteiger partial charge in [0, 0.05) is 30.6 Å². The molecule has 0 saturated heterocycles. The molecular weight excluding hydrogens is 260 g/mol. The number of ketones is 1. The van der Waals surface area contributed by atoms with Gasteiger partial charge in [0.1, 0.15) is 5.78 Å².